The van der Waals surface area contributed by atoms with Gasteiger partial charge < -0.3 is 15.2 Å². The zero-order valence-corrected chi connectivity index (χ0v) is 10.8. The maximum absolute atomic E-state index is 9.29. The van der Waals surface area contributed by atoms with Gasteiger partial charge in [0, 0.05) is 12.0 Å². The summed E-state index contributed by atoms with van der Waals surface area (Å²) in [6.45, 7) is 5.27. The van der Waals surface area contributed by atoms with Crippen LogP contribution in [-0.2, 0) is 0 Å². The maximum Gasteiger partial charge on any atom is 0.142 e. The highest BCUT2D eigenvalue weighted by Crippen LogP contribution is 2.45. The summed E-state index contributed by atoms with van der Waals surface area (Å²) in [6.07, 6.45) is 2.23. The van der Waals surface area contributed by atoms with Crippen molar-refractivity contribution in [1.82, 2.24) is 0 Å². The summed E-state index contributed by atoms with van der Waals surface area (Å²) >= 11 is 0. The second-order valence-electron chi connectivity index (χ2n) is 5.15. The molecule has 0 saturated heterocycles. The smallest absolute Gasteiger partial charge is 0.142 e. The number of anilines is 1. The van der Waals surface area contributed by atoms with E-state index in [9.17, 15) is 5.11 Å². The summed E-state index contributed by atoms with van der Waals surface area (Å²) in [6, 6.07) is 4.16. The van der Waals surface area contributed by atoms with Crippen LogP contribution in [0.5, 0.6) is 5.75 Å². The van der Waals surface area contributed by atoms with Gasteiger partial charge in [-0.2, -0.15) is 0 Å². The van der Waals surface area contributed by atoms with Gasteiger partial charge in [0.05, 0.1) is 19.4 Å². The van der Waals surface area contributed by atoms with Crippen LogP contribution in [0.2, 0.25) is 0 Å². The number of aryl methyl sites for hydroxylation is 2. The number of rotatable bonds is 5. The molecule has 0 amide bonds. The number of methoxy groups -OCH3 is 1. The van der Waals surface area contributed by atoms with Gasteiger partial charge in [0.15, 0.2) is 0 Å². The zero-order chi connectivity index (χ0) is 12.5. The number of hydrogen-bond donors (Lipinski definition) is 2. The minimum Gasteiger partial charge on any atom is -0.495 e. The van der Waals surface area contributed by atoms with Crippen LogP contribution in [0.4, 0.5) is 5.69 Å². The first-order valence-corrected chi connectivity index (χ1v) is 6.10. The van der Waals surface area contributed by atoms with E-state index in [1.165, 1.54) is 11.1 Å². The van der Waals surface area contributed by atoms with Gasteiger partial charge in [-0.05, 0) is 49.9 Å². The van der Waals surface area contributed by atoms with Gasteiger partial charge in [-0.3, -0.25) is 0 Å². The average Bonchev–Trinajstić information content (AvgIpc) is 3.11. The predicted molar refractivity (Wildman–Crippen MR) is 69.7 cm³/mol. The molecule has 0 unspecified atom stereocenters. The Labute approximate surface area is 103 Å². The van der Waals surface area contributed by atoms with Gasteiger partial charge in [0.2, 0.25) is 0 Å². The van der Waals surface area contributed by atoms with Crippen molar-refractivity contribution in [1.29, 1.82) is 0 Å². The lowest BCUT2D eigenvalue weighted by molar-refractivity contribution is 0.219. The first-order chi connectivity index (χ1) is 8.10. The number of hydrogen-bond acceptors (Lipinski definition) is 3. The van der Waals surface area contributed by atoms with E-state index in [4.69, 9.17) is 4.74 Å². The number of ether oxygens (including phenoxy) is 1. The molecule has 0 spiro atoms. The Hall–Kier alpha value is -1.22. The second-order valence-corrected chi connectivity index (χ2v) is 5.15. The Morgan fingerprint density at radius 1 is 1.29 bits per heavy atom. The Bertz CT molecular complexity index is 411. The molecular formula is C14H21NO2. The molecule has 0 aliphatic heterocycles. The van der Waals surface area contributed by atoms with Gasteiger partial charge in [-0.25, -0.2) is 0 Å². The van der Waals surface area contributed by atoms with Crippen molar-refractivity contribution in [2.24, 2.45) is 5.41 Å². The molecule has 2 rings (SSSR count). The summed E-state index contributed by atoms with van der Waals surface area (Å²) in [5.74, 6) is 0.877. The molecule has 0 radical (unpaired) electrons. The third-order valence-corrected chi connectivity index (χ3v) is 3.76. The van der Waals surface area contributed by atoms with E-state index in [2.05, 4.69) is 31.3 Å². The highest BCUT2D eigenvalue weighted by atomic mass is 16.5. The number of aliphatic hydroxyl groups excluding tert-OH is 1. The second kappa shape index (κ2) is 4.57. The van der Waals surface area contributed by atoms with Gasteiger partial charge in [-0.15, -0.1) is 0 Å². The molecule has 1 aromatic rings. The molecule has 94 valence electrons. The van der Waals surface area contributed by atoms with Crippen LogP contribution >= 0.6 is 0 Å². The molecular weight excluding hydrogens is 214 g/mol. The van der Waals surface area contributed by atoms with E-state index in [-0.39, 0.29) is 12.0 Å². The monoisotopic (exact) mass is 235 g/mol. The molecule has 3 nitrogen and oxygen atoms in total. The van der Waals surface area contributed by atoms with Crippen molar-refractivity contribution in [3.05, 3.63) is 23.3 Å². The molecule has 1 aliphatic carbocycles. The fraction of sp³-hybridized carbons (Fsp3) is 0.571. The lowest BCUT2D eigenvalue weighted by Gasteiger charge is -2.17. The van der Waals surface area contributed by atoms with Crippen LogP contribution < -0.4 is 10.1 Å². The topological polar surface area (TPSA) is 41.5 Å². The predicted octanol–water partition coefficient (Wildman–Crippen LogP) is 2.50. The fourth-order valence-electron chi connectivity index (χ4n) is 1.95. The minimum atomic E-state index is 0.115. The fourth-order valence-corrected chi connectivity index (χ4v) is 1.95. The Balaban J connectivity index is 2.11. The number of nitrogens with one attached hydrogen (secondary N) is 1. The normalized spacial score (nSPS) is 16.7. The third-order valence-electron chi connectivity index (χ3n) is 3.76. The largest absolute Gasteiger partial charge is 0.495 e. The SMILES string of the molecule is COc1cc(C)c(C)cc1NCC1(CO)CC1. The average molecular weight is 235 g/mol. The van der Waals surface area contributed by atoms with Crippen LogP contribution in [0.3, 0.4) is 0 Å². The first kappa shape index (κ1) is 12.2. The first-order valence-electron chi connectivity index (χ1n) is 6.10. The van der Waals surface area contributed by atoms with Crippen LogP contribution in [0, 0.1) is 19.3 Å². The lowest BCUT2D eigenvalue weighted by atomic mass is 10.1. The molecule has 0 heterocycles. The number of benzene rings is 1. The molecule has 17 heavy (non-hydrogen) atoms. The molecule has 2 N–H and O–H groups in total. The van der Waals surface area contributed by atoms with Gasteiger partial charge in [0.25, 0.3) is 0 Å². The summed E-state index contributed by atoms with van der Waals surface area (Å²) in [5, 5.41) is 12.7. The van der Waals surface area contributed by atoms with E-state index < -0.39 is 0 Å². The molecule has 1 saturated carbocycles. The van der Waals surface area contributed by atoms with Crippen molar-refractivity contribution < 1.29 is 9.84 Å². The van der Waals surface area contributed by atoms with Crippen LogP contribution in [0.25, 0.3) is 0 Å². The highest BCUT2D eigenvalue weighted by molar-refractivity contribution is 5.60. The van der Waals surface area contributed by atoms with Crippen molar-refractivity contribution in [2.45, 2.75) is 26.7 Å². The molecule has 3 heteroatoms. The van der Waals surface area contributed by atoms with Crippen LogP contribution in [-0.4, -0.2) is 25.4 Å². The van der Waals surface area contributed by atoms with Gasteiger partial charge >= 0.3 is 0 Å². The van der Waals surface area contributed by atoms with E-state index in [1.807, 2.05) is 0 Å². The van der Waals surface area contributed by atoms with E-state index in [0.717, 1.165) is 30.8 Å². The Kier molecular flexibility index (Phi) is 3.29. The van der Waals surface area contributed by atoms with Gasteiger partial charge in [-0.1, -0.05) is 0 Å². The maximum atomic E-state index is 9.29. The van der Waals surface area contributed by atoms with E-state index in [0.29, 0.717) is 0 Å². The Morgan fingerprint density at radius 2 is 1.94 bits per heavy atom. The van der Waals surface area contributed by atoms with Crippen molar-refractivity contribution in [2.75, 3.05) is 25.6 Å². The summed E-state index contributed by atoms with van der Waals surface area (Å²) < 4.78 is 5.38. The Morgan fingerprint density at radius 3 is 2.47 bits per heavy atom. The zero-order valence-electron chi connectivity index (χ0n) is 10.8. The molecule has 1 aromatic carbocycles. The highest BCUT2D eigenvalue weighted by Gasteiger charge is 2.41. The van der Waals surface area contributed by atoms with Crippen molar-refractivity contribution in [3.8, 4) is 5.75 Å². The molecule has 1 aliphatic rings. The molecule has 1 fully saturated rings. The van der Waals surface area contributed by atoms with Crippen molar-refractivity contribution >= 4 is 5.69 Å². The van der Waals surface area contributed by atoms with Crippen molar-refractivity contribution in [3.63, 3.8) is 0 Å². The standard InChI is InChI=1S/C14H21NO2/c1-10-6-12(13(17-3)7-11(10)2)15-8-14(9-16)4-5-14/h6-7,15-16H,4-5,8-9H2,1-3H3. The lowest BCUT2D eigenvalue weighted by Crippen LogP contribution is -2.19. The van der Waals surface area contributed by atoms with E-state index in [1.54, 1.807) is 7.11 Å². The summed E-state index contributed by atoms with van der Waals surface area (Å²) in [4.78, 5) is 0. The minimum absolute atomic E-state index is 0.115. The molecule has 0 aromatic heterocycles. The van der Waals surface area contributed by atoms with Gasteiger partial charge in [0.1, 0.15) is 5.75 Å². The third kappa shape index (κ3) is 2.55. The molecule has 0 bridgehead atoms. The van der Waals surface area contributed by atoms with E-state index >= 15 is 0 Å². The summed E-state index contributed by atoms with van der Waals surface area (Å²) in [5.41, 5.74) is 3.62. The molecule has 0 atom stereocenters. The quantitative estimate of drug-likeness (QED) is 0.824. The number of aliphatic hydroxyl groups is 1. The summed E-state index contributed by atoms with van der Waals surface area (Å²) in [7, 11) is 1.69. The van der Waals surface area contributed by atoms with Crippen LogP contribution in [0.15, 0.2) is 12.1 Å². The van der Waals surface area contributed by atoms with Crippen LogP contribution in [0.1, 0.15) is 24.0 Å².